The van der Waals surface area contributed by atoms with Crippen LogP contribution in [-0.2, 0) is 11.3 Å². The lowest BCUT2D eigenvalue weighted by Gasteiger charge is -2.27. The normalized spacial score (nSPS) is 11.0. The van der Waals surface area contributed by atoms with Crippen molar-refractivity contribution in [1.29, 1.82) is 0 Å². The number of hydrogen-bond acceptors (Lipinski definition) is 4. The van der Waals surface area contributed by atoms with Crippen LogP contribution in [0.1, 0.15) is 73.6 Å². The summed E-state index contributed by atoms with van der Waals surface area (Å²) in [5, 5.41) is 2.83. The van der Waals surface area contributed by atoms with Crippen molar-refractivity contribution in [3.63, 3.8) is 0 Å². The van der Waals surface area contributed by atoms with Gasteiger partial charge in [0.2, 0.25) is 0 Å². The van der Waals surface area contributed by atoms with Crippen LogP contribution in [0.3, 0.4) is 0 Å². The van der Waals surface area contributed by atoms with Crippen LogP contribution in [-0.4, -0.2) is 52.5 Å². The Labute approximate surface area is 162 Å². The molecule has 1 aromatic heterocycles. The maximum Gasteiger partial charge on any atom is 0.355 e. The van der Waals surface area contributed by atoms with Crippen LogP contribution < -0.4 is 5.32 Å². The lowest BCUT2D eigenvalue weighted by atomic mass is 10.0. The summed E-state index contributed by atoms with van der Waals surface area (Å²) in [6.07, 6.45) is 0. The number of carbonyl (C=O) groups is 3. The van der Waals surface area contributed by atoms with Crippen molar-refractivity contribution in [2.75, 3.05) is 13.2 Å². The van der Waals surface area contributed by atoms with E-state index >= 15 is 0 Å². The molecule has 0 saturated carbocycles. The number of aromatic nitrogens is 1. The van der Waals surface area contributed by atoms with Gasteiger partial charge in [0.25, 0.3) is 0 Å². The minimum absolute atomic E-state index is 0.0195. The molecule has 0 aliphatic carbocycles. The monoisotopic (exact) mass is 379 g/mol. The van der Waals surface area contributed by atoms with Crippen LogP contribution >= 0.6 is 0 Å². The molecule has 1 aromatic rings. The van der Waals surface area contributed by atoms with Crippen molar-refractivity contribution in [3.8, 4) is 0 Å². The van der Waals surface area contributed by atoms with E-state index in [0.717, 1.165) is 5.69 Å². The number of nitrogens with zero attached hydrogens (tertiary/aromatic N) is 2. The molecule has 0 aromatic carbocycles. The first kappa shape index (κ1) is 22.7. The van der Waals surface area contributed by atoms with E-state index in [4.69, 9.17) is 4.74 Å². The van der Waals surface area contributed by atoms with Crippen molar-refractivity contribution in [2.24, 2.45) is 0 Å². The third-order valence-electron chi connectivity index (χ3n) is 4.44. The van der Waals surface area contributed by atoms with Crippen LogP contribution in [0.25, 0.3) is 0 Å². The highest BCUT2D eigenvalue weighted by molar-refractivity contribution is 6.04. The molecule has 0 bridgehead atoms. The average Bonchev–Trinajstić information content (AvgIpc) is 2.81. The Kier molecular flexibility index (Phi) is 8.06. The molecule has 0 radical (unpaired) electrons. The molecule has 0 spiro atoms. The van der Waals surface area contributed by atoms with Crippen LogP contribution in [0.5, 0.6) is 0 Å². The number of urea groups is 1. The third kappa shape index (κ3) is 5.11. The van der Waals surface area contributed by atoms with Gasteiger partial charge >= 0.3 is 12.0 Å². The SMILES string of the molecule is CCOC(=O)c1c(C)c(C(=O)CN(C(=O)NC(C)C)C(C)C)c(C)n1CC. The van der Waals surface area contributed by atoms with E-state index in [-0.39, 0.29) is 37.0 Å². The van der Waals surface area contributed by atoms with Gasteiger partial charge in [-0.1, -0.05) is 0 Å². The number of esters is 1. The van der Waals surface area contributed by atoms with E-state index in [9.17, 15) is 14.4 Å². The van der Waals surface area contributed by atoms with Gasteiger partial charge in [0.1, 0.15) is 5.69 Å². The predicted octanol–water partition coefficient (Wildman–Crippen LogP) is 3.31. The maximum absolute atomic E-state index is 13.1. The first-order valence-electron chi connectivity index (χ1n) is 9.53. The summed E-state index contributed by atoms with van der Waals surface area (Å²) < 4.78 is 6.96. The van der Waals surface area contributed by atoms with Crippen LogP contribution in [0.15, 0.2) is 0 Å². The lowest BCUT2D eigenvalue weighted by molar-refractivity contribution is 0.0512. The van der Waals surface area contributed by atoms with Crippen molar-refractivity contribution in [1.82, 2.24) is 14.8 Å². The van der Waals surface area contributed by atoms with Gasteiger partial charge in [0, 0.05) is 29.9 Å². The zero-order valence-corrected chi connectivity index (χ0v) is 17.8. The number of Topliss-reactive ketones (excluding diaryl/α,β-unsaturated/α-hetero) is 1. The minimum Gasteiger partial charge on any atom is -0.461 e. The second kappa shape index (κ2) is 9.58. The Bertz CT molecular complexity index is 705. The van der Waals surface area contributed by atoms with E-state index in [0.29, 0.717) is 23.4 Å². The number of ketones is 1. The molecule has 0 atom stereocenters. The summed E-state index contributed by atoms with van der Waals surface area (Å²) in [6.45, 7) is 15.5. The van der Waals surface area contributed by atoms with Gasteiger partial charge in [-0.2, -0.15) is 0 Å². The molecule has 152 valence electrons. The summed E-state index contributed by atoms with van der Waals surface area (Å²) in [7, 11) is 0. The zero-order chi connectivity index (χ0) is 20.9. The fourth-order valence-corrected chi connectivity index (χ4v) is 3.22. The predicted molar refractivity (Wildman–Crippen MR) is 105 cm³/mol. The Hall–Kier alpha value is -2.31. The number of hydrogen-bond donors (Lipinski definition) is 1. The fourth-order valence-electron chi connectivity index (χ4n) is 3.22. The van der Waals surface area contributed by atoms with E-state index in [1.165, 1.54) is 4.90 Å². The molecule has 2 amide bonds. The number of rotatable bonds is 8. The van der Waals surface area contributed by atoms with Gasteiger partial charge in [-0.15, -0.1) is 0 Å². The fraction of sp³-hybridized carbons (Fsp3) is 0.650. The van der Waals surface area contributed by atoms with Crippen molar-refractivity contribution in [2.45, 2.75) is 74.0 Å². The van der Waals surface area contributed by atoms with E-state index < -0.39 is 5.97 Å². The zero-order valence-electron chi connectivity index (χ0n) is 17.8. The van der Waals surface area contributed by atoms with Crippen molar-refractivity contribution < 1.29 is 19.1 Å². The number of ether oxygens (including phenoxy) is 1. The first-order valence-corrected chi connectivity index (χ1v) is 9.53. The molecular formula is C20H33N3O4. The topological polar surface area (TPSA) is 80.6 Å². The highest BCUT2D eigenvalue weighted by Gasteiger charge is 2.29. The van der Waals surface area contributed by atoms with Crippen molar-refractivity contribution in [3.05, 3.63) is 22.5 Å². The molecule has 1 rings (SSSR count). The average molecular weight is 380 g/mol. The lowest BCUT2D eigenvalue weighted by Crippen LogP contribution is -2.48. The summed E-state index contributed by atoms with van der Waals surface area (Å²) in [6, 6.07) is -0.427. The van der Waals surface area contributed by atoms with E-state index in [1.54, 1.807) is 18.4 Å². The molecule has 0 aliphatic heterocycles. The molecule has 7 heteroatoms. The molecule has 0 saturated heterocycles. The van der Waals surface area contributed by atoms with Gasteiger partial charge in [0.05, 0.1) is 13.2 Å². The van der Waals surface area contributed by atoms with E-state index in [2.05, 4.69) is 5.32 Å². The molecule has 0 unspecified atom stereocenters. The van der Waals surface area contributed by atoms with E-state index in [1.807, 2.05) is 41.5 Å². The smallest absolute Gasteiger partial charge is 0.355 e. The first-order chi connectivity index (χ1) is 12.6. The van der Waals surface area contributed by atoms with Gasteiger partial charge in [-0.05, 0) is 61.0 Å². The largest absolute Gasteiger partial charge is 0.461 e. The molecule has 1 heterocycles. The quantitative estimate of drug-likeness (QED) is 0.555. The number of carbonyl (C=O) groups excluding carboxylic acids is 3. The van der Waals surface area contributed by atoms with Gasteiger partial charge in [-0.25, -0.2) is 9.59 Å². The summed E-state index contributed by atoms with van der Waals surface area (Å²) in [4.78, 5) is 39.4. The highest BCUT2D eigenvalue weighted by Crippen LogP contribution is 2.24. The van der Waals surface area contributed by atoms with Crippen LogP contribution in [0.2, 0.25) is 0 Å². The Morgan fingerprint density at radius 3 is 2.15 bits per heavy atom. The number of amides is 2. The van der Waals surface area contributed by atoms with Gasteiger partial charge in [0.15, 0.2) is 5.78 Å². The Morgan fingerprint density at radius 1 is 1.11 bits per heavy atom. The van der Waals surface area contributed by atoms with Crippen molar-refractivity contribution >= 4 is 17.8 Å². The molecule has 0 fully saturated rings. The standard InChI is InChI=1S/C20H33N3O4/c1-9-22-15(8)17(14(7)18(22)19(25)27-10-2)16(24)11-23(13(5)6)20(26)21-12(3)4/h12-13H,9-11H2,1-8H3,(H,21,26). The molecule has 7 nitrogen and oxygen atoms in total. The van der Waals surface area contributed by atoms with Gasteiger partial charge in [-0.3, -0.25) is 4.79 Å². The van der Waals surface area contributed by atoms with Gasteiger partial charge < -0.3 is 19.5 Å². The summed E-state index contributed by atoms with van der Waals surface area (Å²) in [5.74, 6) is -0.618. The molecule has 27 heavy (non-hydrogen) atoms. The molecular weight excluding hydrogens is 346 g/mol. The van der Waals surface area contributed by atoms with Crippen LogP contribution in [0, 0.1) is 13.8 Å². The minimum atomic E-state index is -0.433. The third-order valence-corrected chi connectivity index (χ3v) is 4.44. The van der Waals surface area contributed by atoms with Crippen LogP contribution in [0.4, 0.5) is 4.79 Å². The number of nitrogens with one attached hydrogen (secondary N) is 1. The molecule has 0 aliphatic rings. The maximum atomic E-state index is 13.1. The highest BCUT2D eigenvalue weighted by atomic mass is 16.5. The summed E-state index contributed by atoms with van der Waals surface area (Å²) in [5.41, 5.74) is 2.22. The second-order valence-electron chi connectivity index (χ2n) is 7.15. The second-order valence-corrected chi connectivity index (χ2v) is 7.15. The Morgan fingerprint density at radius 2 is 1.70 bits per heavy atom. The molecule has 1 N–H and O–H groups in total. The Balaban J connectivity index is 3.26. The summed E-state index contributed by atoms with van der Waals surface area (Å²) >= 11 is 0.